The number of benzene rings is 1. The van der Waals surface area contributed by atoms with Crippen molar-refractivity contribution in [2.75, 3.05) is 6.54 Å². The fourth-order valence-corrected chi connectivity index (χ4v) is 3.48. The maximum atomic E-state index is 12.1. The standard InChI is InChI=1S/C21H30N2O3/c1-13-8-16(21(3,4)5)9-14(2)17(13)6-7-22-18(24)10-15-11-19(25)23-20(26)12-15/h8-9,15H,6-7,10-12H2,1-5H3,(H,22,24)(H,23,25,26). The Morgan fingerprint density at radius 1 is 1.12 bits per heavy atom. The van der Waals surface area contributed by atoms with Crippen LogP contribution < -0.4 is 10.6 Å². The van der Waals surface area contributed by atoms with Gasteiger partial charge < -0.3 is 5.32 Å². The third-order valence-electron chi connectivity index (χ3n) is 4.96. The predicted octanol–water partition coefficient (Wildman–Crippen LogP) is 2.70. The van der Waals surface area contributed by atoms with Crippen molar-refractivity contribution in [1.29, 1.82) is 0 Å². The first-order chi connectivity index (χ1) is 12.1. The van der Waals surface area contributed by atoms with Gasteiger partial charge in [-0.1, -0.05) is 32.9 Å². The van der Waals surface area contributed by atoms with Gasteiger partial charge in [-0.2, -0.15) is 0 Å². The van der Waals surface area contributed by atoms with Gasteiger partial charge in [-0.15, -0.1) is 0 Å². The van der Waals surface area contributed by atoms with Crippen molar-refractivity contribution in [2.45, 2.75) is 65.7 Å². The van der Waals surface area contributed by atoms with Gasteiger partial charge in [0.15, 0.2) is 0 Å². The summed E-state index contributed by atoms with van der Waals surface area (Å²) in [6.45, 7) is 11.4. The Hall–Kier alpha value is -2.17. The molecular weight excluding hydrogens is 328 g/mol. The summed E-state index contributed by atoms with van der Waals surface area (Å²) in [6, 6.07) is 4.47. The van der Waals surface area contributed by atoms with Crippen LogP contribution >= 0.6 is 0 Å². The highest BCUT2D eigenvalue weighted by Gasteiger charge is 2.26. The summed E-state index contributed by atoms with van der Waals surface area (Å²) < 4.78 is 0. The van der Waals surface area contributed by atoms with Crippen LogP contribution in [0.2, 0.25) is 0 Å². The number of hydrogen-bond acceptors (Lipinski definition) is 3. The number of carbonyl (C=O) groups is 3. The van der Waals surface area contributed by atoms with Crippen molar-refractivity contribution in [3.8, 4) is 0 Å². The quantitative estimate of drug-likeness (QED) is 0.795. The normalized spacial score (nSPS) is 15.7. The first-order valence-electron chi connectivity index (χ1n) is 9.26. The fourth-order valence-electron chi connectivity index (χ4n) is 3.48. The lowest BCUT2D eigenvalue weighted by Crippen LogP contribution is -2.40. The largest absolute Gasteiger partial charge is 0.356 e. The molecule has 0 aliphatic carbocycles. The van der Waals surface area contributed by atoms with E-state index in [1.54, 1.807) is 0 Å². The zero-order chi connectivity index (χ0) is 19.5. The van der Waals surface area contributed by atoms with Gasteiger partial charge in [0, 0.05) is 25.8 Å². The van der Waals surface area contributed by atoms with Crippen molar-refractivity contribution < 1.29 is 14.4 Å². The van der Waals surface area contributed by atoms with Crippen molar-refractivity contribution in [2.24, 2.45) is 5.92 Å². The van der Waals surface area contributed by atoms with Crippen LogP contribution in [0.3, 0.4) is 0 Å². The molecule has 0 saturated carbocycles. The topological polar surface area (TPSA) is 75.3 Å². The van der Waals surface area contributed by atoms with Crippen LogP contribution in [0.5, 0.6) is 0 Å². The van der Waals surface area contributed by atoms with Gasteiger partial charge in [0.2, 0.25) is 17.7 Å². The Bertz CT molecular complexity index is 677. The van der Waals surface area contributed by atoms with Gasteiger partial charge >= 0.3 is 0 Å². The summed E-state index contributed by atoms with van der Waals surface area (Å²) in [5.74, 6) is -0.863. The molecule has 142 valence electrons. The minimum atomic E-state index is -0.288. The van der Waals surface area contributed by atoms with Crippen molar-refractivity contribution in [3.05, 3.63) is 34.4 Å². The molecule has 2 N–H and O–H groups in total. The van der Waals surface area contributed by atoms with E-state index in [1.165, 1.54) is 22.3 Å². The van der Waals surface area contributed by atoms with E-state index >= 15 is 0 Å². The number of rotatable bonds is 5. The minimum absolute atomic E-state index is 0.0980. The van der Waals surface area contributed by atoms with Gasteiger partial charge in [0.25, 0.3) is 0 Å². The Kier molecular flexibility index (Phi) is 6.21. The van der Waals surface area contributed by atoms with E-state index in [0.717, 1.165) is 6.42 Å². The molecule has 0 spiro atoms. The molecule has 1 aliphatic rings. The van der Waals surface area contributed by atoms with E-state index in [-0.39, 0.29) is 48.3 Å². The molecule has 2 rings (SSSR count). The predicted molar refractivity (Wildman–Crippen MR) is 102 cm³/mol. The van der Waals surface area contributed by atoms with Gasteiger partial charge in [-0.25, -0.2) is 0 Å². The number of piperidine rings is 1. The SMILES string of the molecule is Cc1cc(C(C)(C)C)cc(C)c1CCNC(=O)CC1CC(=O)NC(=O)C1. The molecule has 1 aromatic rings. The lowest BCUT2D eigenvalue weighted by molar-refractivity contribution is -0.135. The highest BCUT2D eigenvalue weighted by molar-refractivity contribution is 5.98. The zero-order valence-corrected chi connectivity index (χ0v) is 16.5. The van der Waals surface area contributed by atoms with Crippen molar-refractivity contribution in [1.82, 2.24) is 10.6 Å². The first-order valence-corrected chi connectivity index (χ1v) is 9.26. The lowest BCUT2D eigenvalue weighted by atomic mass is 9.83. The number of nitrogens with one attached hydrogen (secondary N) is 2. The van der Waals surface area contributed by atoms with E-state index < -0.39 is 0 Å². The van der Waals surface area contributed by atoms with Gasteiger partial charge in [-0.3, -0.25) is 19.7 Å². The summed E-state index contributed by atoms with van der Waals surface area (Å²) in [7, 11) is 0. The number of imide groups is 1. The molecule has 1 fully saturated rings. The fraction of sp³-hybridized carbons (Fsp3) is 0.571. The average Bonchev–Trinajstić information content (AvgIpc) is 2.47. The van der Waals surface area contributed by atoms with Crippen LogP contribution in [0.1, 0.15) is 62.3 Å². The van der Waals surface area contributed by atoms with Crippen LogP contribution in [-0.4, -0.2) is 24.3 Å². The number of aryl methyl sites for hydroxylation is 2. The van der Waals surface area contributed by atoms with Crippen molar-refractivity contribution in [3.63, 3.8) is 0 Å². The number of hydrogen-bond donors (Lipinski definition) is 2. The third kappa shape index (κ3) is 5.41. The van der Waals surface area contributed by atoms with Crippen LogP contribution in [0.15, 0.2) is 12.1 Å². The molecule has 1 heterocycles. The third-order valence-corrected chi connectivity index (χ3v) is 4.96. The zero-order valence-electron chi connectivity index (χ0n) is 16.5. The summed E-state index contributed by atoms with van der Waals surface area (Å²) in [5.41, 5.74) is 5.20. The van der Waals surface area contributed by atoms with Crippen LogP contribution in [0.25, 0.3) is 0 Å². The molecular formula is C21H30N2O3. The van der Waals surface area contributed by atoms with Crippen LogP contribution in [0, 0.1) is 19.8 Å². The molecule has 26 heavy (non-hydrogen) atoms. The van der Waals surface area contributed by atoms with E-state index in [9.17, 15) is 14.4 Å². The van der Waals surface area contributed by atoms with Crippen LogP contribution in [-0.2, 0) is 26.2 Å². The summed E-state index contributed by atoms with van der Waals surface area (Å²) >= 11 is 0. The van der Waals surface area contributed by atoms with Gasteiger partial charge in [0.05, 0.1) is 0 Å². The second-order valence-electron chi connectivity index (χ2n) is 8.39. The molecule has 1 aliphatic heterocycles. The second-order valence-corrected chi connectivity index (χ2v) is 8.39. The molecule has 1 aromatic carbocycles. The first kappa shape index (κ1) is 20.1. The molecule has 5 nitrogen and oxygen atoms in total. The summed E-state index contributed by atoms with van der Waals surface area (Å²) in [6.07, 6.45) is 1.48. The Labute approximate surface area is 155 Å². The number of amides is 3. The lowest BCUT2D eigenvalue weighted by Gasteiger charge is -2.22. The maximum Gasteiger partial charge on any atom is 0.226 e. The molecule has 1 saturated heterocycles. The molecule has 0 bridgehead atoms. The second kappa shape index (κ2) is 8.02. The van der Waals surface area contributed by atoms with Gasteiger partial charge in [0.1, 0.15) is 0 Å². The molecule has 3 amide bonds. The Morgan fingerprint density at radius 2 is 1.65 bits per heavy atom. The monoisotopic (exact) mass is 358 g/mol. The molecule has 5 heteroatoms. The Morgan fingerprint density at radius 3 is 2.15 bits per heavy atom. The average molecular weight is 358 g/mol. The van der Waals surface area contributed by atoms with Crippen LogP contribution in [0.4, 0.5) is 0 Å². The van der Waals surface area contributed by atoms with Crippen molar-refractivity contribution >= 4 is 17.7 Å². The molecule has 0 atom stereocenters. The van der Waals surface area contributed by atoms with E-state index in [1.807, 2.05) is 0 Å². The molecule has 0 unspecified atom stereocenters. The maximum absolute atomic E-state index is 12.1. The highest BCUT2D eigenvalue weighted by Crippen LogP contribution is 2.27. The van der Waals surface area contributed by atoms with E-state index in [2.05, 4.69) is 57.4 Å². The van der Waals surface area contributed by atoms with E-state index in [4.69, 9.17) is 0 Å². The summed E-state index contributed by atoms with van der Waals surface area (Å²) in [5, 5.41) is 5.19. The minimum Gasteiger partial charge on any atom is -0.356 e. The number of carbonyl (C=O) groups excluding carboxylic acids is 3. The Balaban J connectivity index is 1.88. The molecule has 0 aromatic heterocycles. The van der Waals surface area contributed by atoms with E-state index in [0.29, 0.717) is 6.54 Å². The van der Waals surface area contributed by atoms with Gasteiger partial charge in [-0.05, 0) is 53.9 Å². The highest BCUT2D eigenvalue weighted by atomic mass is 16.2. The smallest absolute Gasteiger partial charge is 0.226 e. The summed E-state index contributed by atoms with van der Waals surface area (Å²) in [4.78, 5) is 34.9. The molecule has 0 radical (unpaired) electrons.